The second-order valence-electron chi connectivity index (χ2n) is 16.5. The van der Waals surface area contributed by atoms with Crippen LogP contribution in [0.25, 0.3) is 110 Å². The molecule has 0 bridgehead atoms. The van der Waals surface area contributed by atoms with Crippen molar-refractivity contribution in [2.24, 2.45) is 0 Å². The molecule has 0 unspecified atom stereocenters. The molecule has 0 aliphatic heterocycles. The van der Waals surface area contributed by atoms with E-state index >= 15 is 0 Å². The molecule has 0 fully saturated rings. The minimum absolute atomic E-state index is 0.103. The average molecular weight is 741 g/mol. The molecule has 3 heteroatoms. The molecule has 0 atom stereocenters. The van der Waals surface area contributed by atoms with Crippen molar-refractivity contribution in [3.05, 3.63) is 193 Å². The summed E-state index contributed by atoms with van der Waals surface area (Å²) in [6, 6.07) is 67.0. The number of aromatic nitrogens is 2. The fourth-order valence-electron chi connectivity index (χ4n) is 10.3. The molecule has 0 saturated carbocycles. The Bertz CT molecular complexity index is 3700. The molecule has 272 valence electrons. The van der Waals surface area contributed by atoms with Gasteiger partial charge in [0.2, 0.25) is 0 Å². The molecule has 3 aromatic heterocycles. The highest BCUT2D eigenvalue weighted by molar-refractivity contribution is 6.18. The van der Waals surface area contributed by atoms with Gasteiger partial charge in [-0.3, -0.25) is 0 Å². The molecular formula is C55H36N2O. The fourth-order valence-corrected chi connectivity index (χ4v) is 10.3. The summed E-state index contributed by atoms with van der Waals surface area (Å²) in [5, 5.41) is 9.72. The third kappa shape index (κ3) is 4.23. The molecule has 1 aliphatic rings. The van der Waals surface area contributed by atoms with E-state index in [0.717, 1.165) is 33.1 Å². The van der Waals surface area contributed by atoms with Gasteiger partial charge < -0.3 is 13.6 Å². The molecule has 13 rings (SSSR count). The molecule has 0 N–H and O–H groups in total. The van der Waals surface area contributed by atoms with Gasteiger partial charge in [-0.25, -0.2) is 0 Å². The summed E-state index contributed by atoms with van der Waals surface area (Å²) in [6.07, 6.45) is 0. The topological polar surface area (TPSA) is 23.0 Å². The maximum absolute atomic E-state index is 6.42. The highest BCUT2D eigenvalue weighted by Crippen LogP contribution is 2.51. The van der Waals surface area contributed by atoms with Gasteiger partial charge in [-0.1, -0.05) is 123 Å². The number of hydrogen-bond donors (Lipinski definition) is 0. The lowest BCUT2D eigenvalue weighted by atomic mass is 9.82. The summed E-state index contributed by atoms with van der Waals surface area (Å²) in [5.74, 6) is 0. The van der Waals surface area contributed by atoms with Gasteiger partial charge in [0.25, 0.3) is 0 Å². The summed E-state index contributed by atoms with van der Waals surface area (Å²) < 4.78 is 11.3. The van der Waals surface area contributed by atoms with Crippen LogP contribution in [0.4, 0.5) is 0 Å². The van der Waals surface area contributed by atoms with Crippen molar-refractivity contribution in [1.82, 2.24) is 9.13 Å². The Morgan fingerprint density at radius 2 is 1.02 bits per heavy atom. The number of nitrogens with zero attached hydrogens (tertiary/aromatic N) is 2. The average Bonchev–Trinajstić information content (AvgIpc) is 3.96. The van der Waals surface area contributed by atoms with Gasteiger partial charge in [0.15, 0.2) is 0 Å². The van der Waals surface area contributed by atoms with Crippen LogP contribution < -0.4 is 0 Å². The number of benzene rings is 9. The van der Waals surface area contributed by atoms with Gasteiger partial charge in [-0.15, -0.1) is 0 Å². The van der Waals surface area contributed by atoms with Crippen LogP contribution in [0, 0.1) is 0 Å². The molecular weight excluding hydrogens is 705 g/mol. The molecule has 3 heterocycles. The summed E-state index contributed by atoms with van der Waals surface area (Å²) >= 11 is 0. The van der Waals surface area contributed by atoms with E-state index in [1.807, 2.05) is 6.07 Å². The first kappa shape index (κ1) is 31.8. The predicted octanol–water partition coefficient (Wildman–Crippen LogP) is 14.9. The molecule has 12 aromatic rings. The van der Waals surface area contributed by atoms with Crippen molar-refractivity contribution in [3.63, 3.8) is 0 Å². The first-order valence-electron chi connectivity index (χ1n) is 20.2. The zero-order valence-corrected chi connectivity index (χ0v) is 32.1. The van der Waals surface area contributed by atoms with Gasteiger partial charge in [-0.05, 0) is 105 Å². The number of rotatable bonds is 3. The lowest BCUT2D eigenvalue weighted by molar-refractivity contribution is 0.661. The summed E-state index contributed by atoms with van der Waals surface area (Å²) in [5.41, 5.74) is 16.6. The summed E-state index contributed by atoms with van der Waals surface area (Å²) in [4.78, 5) is 0. The standard InChI is InChI=1S/C55H36N2O/c1-55(2)46-20-10-8-18-38(46)40-29-43-42-28-35(24-26-50(42)57(51(43)31-47(40)55)48-21-12-14-33-13-6-7-17-37(33)48)34-23-25-49-41(27-34)44-30-45-39-19-9-11-22-53(39)58-54(45)32-52(44)56(49)36-15-4-3-5-16-36/h3-32H,1-2H3. The van der Waals surface area contributed by atoms with Crippen molar-refractivity contribution < 1.29 is 4.42 Å². The van der Waals surface area contributed by atoms with Crippen LogP contribution >= 0.6 is 0 Å². The van der Waals surface area contributed by atoms with Gasteiger partial charge in [0.05, 0.1) is 27.8 Å². The maximum atomic E-state index is 6.42. The van der Waals surface area contributed by atoms with Crippen LogP contribution in [0.5, 0.6) is 0 Å². The van der Waals surface area contributed by atoms with Gasteiger partial charge in [0.1, 0.15) is 11.2 Å². The minimum Gasteiger partial charge on any atom is -0.456 e. The van der Waals surface area contributed by atoms with Crippen molar-refractivity contribution in [2.75, 3.05) is 0 Å². The van der Waals surface area contributed by atoms with Gasteiger partial charge in [-0.2, -0.15) is 0 Å². The van der Waals surface area contributed by atoms with Crippen LogP contribution in [0.3, 0.4) is 0 Å². The second kappa shape index (κ2) is 11.4. The Labute approximate surface area is 334 Å². The predicted molar refractivity (Wildman–Crippen MR) is 243 cm³/mol. The number of fused-ring (bicyclic) bond motifs is 13. The molecule has 1 aliphatic carbocycles. The highest BCUT2D eigenvalue weighted by atomic mass is 16.3. The summed E-state index contributed by atoms with van der Waals surface area (Å²) in [6.45, 7) is 4.75. The van der Waals surface area contributed by atoms with Crippen molar-refractivity contribution in [3.8, 4) is 33.6 Å². The van der Waals surface area contributed by atoms with Crippen molar-refractivity contribution >= 4 is 76.3 Å². The minimum atomic E-state index is -0.103. The van der Waals surface area contributed by atoms with Gasteiger partial charge in [0, 0.05) is 54.9 Å². The molecule has 58 heavy (non-hydrogen) atoms. The van der Waals surface area contributed by atoms with Crippen LogP contribution in [0.2, 0.25) is 0 Å². The largest absolute Gasteiger partial charge is 0.456 e. The third-order valence-corrected chi connectivity index (χ3v) is 13.1. The van der Waals surface area contributed by atoms with Crippen LogP contribution in [0.1, 0.15) is 25.0 Å². The Balaban J connectivity index is 1.09. The zero-order valence-electron chi connectivity index (χ0n) is 32.1. The van der Waals surface area contributed by atoms with Crippen LogP contribution in [-0.4, -0.2) is 9.13 Å². The first-order valence-corrected chi connectivity index (χ1v) is 20.2. The smallest absolute Gasteiger partial charge is 0.137 e. The van der Waals surface area contributed by atoms with E-state index in [4.69, 9.17) is 4.42 Å². The molecule has 3 nitrogen and oxygen atoms in total. The Kier molecular flexibility index (Phi) is 6.23. The Hall–Kier alpha value is -7.36. The number of hydrogen-bond acceptors (Lipinski definition) is 1. The number of furan rings is 1. The highest BCUT2D eigenvalue weighted by Gasteiger charge is 2.36. The van der Waals surface area contributed by atoms with E-state index in [-0.39, 0.29) is 5.41 Å². The molecule has 0 radical (unpaired) electrons. The van der Waals surface area contributed by atoms with E-state index in [2.05, 4.69) is 199 Å². The zero-order chi connectivity index (χ0) is 38.3. The molecule has 9 aromatic carbocycles. The third-order valence-electron chi connectivity index (χ3n) is 13.1. The first-order chi connectivity index (χ1) is 28.5. The van der Waals surface area contributed by atoms with E-state index < -0.39 is 0 Å². The second-order valence-corrected chi connectivity index (χ2v) is 16.5. The Morgan fingerprint density at radius 3 is 1.84 bits per heavy atom. The maximum Gasteiger partial charge on any atom is 0.137 e. The molecule has 0 spiro atoms. The van der Waals surface area contributed by atoms with Crippen LogP contribution in [-0.2, 0) is 5.41 Å². The Morgan fingerprint density at radius 1 is 0.379 bits per heavy atom. The van der Waals surface area contributed by atoms with Crippen molar-refractivity contribution in [1.29, 1.82) is 0 Å². The quantitative estimate of drug-likeness (QED) is 0.177. The monoisotopic (exact) mass is 740 g/mol. The number of para-hydroxylation sites is 2. The van der Waals surface area contributed by atoms with Gasteiger partial charge >= 0.3 is 0 Å². The SMILES string of the molecule is CC1(C)c2ccccc2-c2cc3c4cc(-c5ccc6c(c5)c5cc7c(cc5n6-c5ccccc5)oc5ccccc57)ccc4n(-c4cccc5ccccc45)c3cc21. The van der Waals surface area contributed by atoms with E-state index in [0.29, 0.717) is 0 Å². The fraction of sp³-hybridized carbons (Fsp3) is 0.0545. The normalized spacial score (nSPS) is 13.5. The van der Waals surface area contributed by atoms with Crippen molar-refractivity contribution in [2.45, 2.75) is 19.3 Å². The van der Waals surface area contributed by atoms with E-state index in [1.54, 1.807) is 0 Å². The summed E-state index contributed by atoms with van der Waals surface area (Å²) in [7, 11) is 0. The van der Waals surface area contributed by atoms with E-state index in [9.17, 15) is 0 Å². The molecule has 0 amide bonds. The van der Waals surface area contributed by atoms with Crippen LogP contribution in [0.15, 0.2) is 186 Å². The molecule has 0 saturated heterocycles. The lowest BCUT2D eigenvalue weighted by Crippen LogP contribution is -2.14. The lowest BCUT2D eigenvalue weighted by Gasteiger charge is -2.21. The van der Waals surface area contributed by atoms with E-state index in [1.165, 1.54) is 87.9 Å².